The summed E-state index contributed by atoms with van der Waals surface area (Å²) in [6, 6.07) is 12.0. The van der Waals surface area contributed by atoms with E-state index in [1.165, 1.54) is 12.1 Å². The second-order valence-electron chi connectivity index (χ2n) is 5.45. The van der Waals surface area contributed by atoms with Crippen LogP contribution in [0.1, 0.15) is 37.4 Å². The number of hydrogen-bond acceptors (Lipinski definition) is 4. The molecule has 6 nitrogen and oxygen atoms in total. The van der Waals surface area contributed by atoms with Gasteiger partial charge in [-0.05, 0) is 17.7 Å². The maximum absolute atomic E-state index is 12.9. The summed E-state index contributed by atoms with van der Waals surface area (Å²) in [4.78, 5) is 38.0. The van der Waals surface area contributed by atoms with Crippen LogP contribution in [0.25, 0.3) is 0 Å². The molecule has 0 unspecified atom stereocenters. The molecule has 3 rings (SSSR count). The van der Waals surface area contributed by atoms with Crippen molar-refractivity contribution in [2.24, 2.45) is 0 Å². The molecule has 2 amide bonds. The molecule has 2 aromatic rings. The van der Waals surface area contributed by atoms with Crippen LogP contribution in [0.2, 0.25) is 0 Å². The number of nitrogens with one attached hydrogen (secondary N) is 1. The number of thiophene rings is 1. The minimum atomic E-state index is -1.05. The minimum absolute atomic E-state index is 0.100. The van der Waals surface area contributed by atoms with Crippen molar-refractivity contribution in [3.05, 3.63) is 57.8 Å². The highest BCUT2D eigenvalue weighted by molar-refractivity contribution is 7.15. The maximum Gasteiger partial charge on any atom is 0.345 e. The Morgan fingerprint density at radius 1 is 1.12 bits per heavy atom. The third kappa shape index (κ3) is 3.30. The number of carboxylic acid groups (broad SMARTS) is 1. The Labute approximate surface area is 142 Å². The van der Waals surface area contributed by atoms with Crippen LogP contribution < -0.4 is 5.32 Å². The molecule has 1 aliphatic rings. The molecule has 0 aliphatic carbocycles. The number of amides is 2. The largest absolute Gasteiger partial charge is 0.477 e. The summed E-state index contributed by atoms with van der Waals surface area (Å²) in [6.45, 7) is 0.759. The number of rotatable bonds is 3. The number of carbonyl (C=O) groups excluding carboxylic acids is 2. The molecule has 0 radical (unpaired) electrons. The van der Waals surface area contributed by atoms with Crippen molar-refractivity contribution in [2.75, 3.05) is 13.1 Å². The van der Waals surface area contributed by atoms with Crippen molar-refractivity contribution in [1.82, 2.24) is 10.2 Å². The van der Waals surface area contributed by atoms with Gasteiger partial charge in [-0.2, -0.15) is 0 Å². The van der Waals surface area contributed by atoms with Crippen molar-refractivity contribution >= 4 is 29.1 Å². The van der Waals surface area contributed by atoms with Gasteiger partial charge in [0.15, 0.2) is 0 Å². The van der Waals surface area contributed by atoms with Crippen molar-refractivity contribution in [3.63, 3.8) is 0 Å². The van der Waals surface area contributed by atoms with Crippen molar-refractivity contribution < 1.29 is 19.5 Å². The zero-order valence-electron chi connectivity index (χ0n) is 12.8. The lowest BCUT2D eigenvalue weighted by molar-refractivity contribution is -0.121. The van der Waals surface area contributed by atoms with Crippen LogP contribution in [-0.4, -0.2) is 40.9 Å². The van der Waals surface area contributed by atoms with Gasteiger partial charge in [-0.3, -0.25) is 9.59 Å². The average molecular weight is 344 g/mol. The van der Waals surface area contributed by atoms with Crippen LogP contribution in [0, 0.1) is 0 Å². The number of aromatic carboxylic acids is 1. The van der Waals surface area contributed by atoms with E-state index in [2.05, 4.69) is 5.32 Å². The Balaban J connectivity index is 1.93. The monoisotopic (exact) mass is 344 g/mol. The van der Waals surface area contributed by atoms with Crippen LogP contribution in [0.5, 0.6) is 0 Å². The standard InChI is InChI=1S/C17H16N2O4S/c20-15-10-12(11-4-2-1-3-5-11)19(9-8-18-15)16(21)13-6-7-14(24-13)17(22)23/h1-7,12H,8-10H2,(H,18,20)(H,22,23)/t12-/m1/s1. The maximum atomic E-state index is 12.9. The highest BCUT2D eigenvalue weighted by Gasteiger charge is 2.31. The summed E-state index contributed by atoms with van der Waals surface area (Å²) in [5.74, 6) is -1.40. The Bertz CT molecular complexity index is 772. The van der Waals surface area contributed by atoms with Crippen molar-refractivity contribution in [1.29, 1.82) is 0 Å². The number of hydrogen-bond donors (Lipinski definition) is 2. The molecule has 124 valence electrons. The molecule has 24 heavy (non-hydrogen) atoms. The first-order valence-electron chi connectivity index (χ1n) is 7.52. The fraction of sp³-hybridized carbons (Fsp3) is 0.235. The van der Waals surface area contributed by atoms with E-state index >= 15 is 0 Å². The SMILES string of the molecule is O=C1C[C@H](c2ccccc2)N(C(=O)c2ccc(C(=O)O)s2)CCN1. The summed E-state index contributed by atoms with van der Waals surface area (Å²) in [5.41, 5.74) is 0.887. The molecule has 1 aliphatic heterocycles. The average Bonchev–Trinajstić information content (AvgIpc) is 3.00. The molecule has 7 heteroatoms. The topological polar surface area (TPSA) is 86.7 Å². The molecule has 1 saturated heterocycles. The molecular formula is C17H16N2O4S. The van der Waals surface area contributed by atoms with Gasteiger partial charge in [0.2, 0.25) is 5.91 Å². The molecule has 0 spiro atoms. The minimum Gasteiger partial charge on any atom is -0.477 e. The Morgan fingerprint density at radius 2 is 1.83 bits per heavy atom. The Kier molecular flexibility index (Phi) is 4.61. The van der Waals surface area contributed by atoms with Gasteiger partial charge in [-0.1, -0.05) is 30.3 Å². The van der Waals surface area contributed by atoms with Gasteiger partial charge < -0.3 is 15.3 Å². The van der Waals surface area contributed by atoms with Crippen LogP contribution >= 0.6 is 11.3 Å². The van der Waals surface area contributed by atoms with Crippen LogP contribution in [0.3, 0.4) is 0 Å². The summed E-state index contributed by atoms with van der Waals surface area (Å²) in [7, 11) is 0. The third-order valence-electron chi connectivity index (χ3n) is 3.90. The first-order valence-corrected chi connectivity index (χ1v) is 8.33. The second-order valence-corrected chi connectivity index (χ2v) is 6.53. The highest BCUT2D eigenvalue weighted by Crippen LogP contribution is 2.29. The first-order chi connectivity index (χ1) is 11.6. The summed E-state index contributed by atoms with van der Waals surface area (Å²) in [5, 5.41) is 11.8. The van der Waals surface area contributed by atoms with Gasteiger partial charge >= 0.3 is 5.97 Å². The van der Waals surface area contributed by atoms with E-state index in [4.69, 9.17) is 5.11 Å². The molecule has 2 heterocycles. The van der Waals surface area contributed by atoms with Gasteiger partial charge in [0.25, 0.3) is 5.91 Å². The predicted molar refractivity (Wildman–Crippen MR) is 89.1 cm³/mol. The molecule has 0 saturated carbocycles. The van der Waals surface area contributed by atoms with Gasteiger partial charge in [-0.15, -0.1) is 11.3 Å². The zero-order chi connectivity index (χ0) is 17.1. The Morgan fingerprint density at radius 3 is 2.50 bits per heavy atom. The van der Waals surface area contributed by atoms with E-state index in [0.717, 1.165) is 16.9 Å². The second kappa shape index (κ2) is 6.84. The fourth-order valence-electron chi connectivity index (χ4n) is 2.75. The molecule has 1 aromatic carbocycles. The van der Waals surface area contributed by atoms with Crippen LogP contribution in [0.4, 0.5) is 0 Å². The zero-order valence-corrected chi connectivity index (χ0v) is 13.6. The Hall–Kier alpha value is -2.67. The first kappa shape index (κ1) is 16.2. The van der Waals surface area contributed by atoms with Crippen LogP contribution in [0.15, 0.2) is 42.5 Å². The smallest absolute Gasteiger partial charge is 0.345 e. The van der Waals surface area contributed by atoms with E-state index in [1.807, 2.05) is 30.3 Å². The van der Waals surface area contributed by atoms with E-state index in [9.17, 15) is 14.4 Å². The lowest BCUT2D eigenvalue weighted by atomic mass is 10.0. The molecule has 1 atom stereocenters. The van der Waals surface area contributed by atoms with Gasteiger partial charge in [0.1, 0.15) is 4.88 Å². The van der Waals surface area contributed by atoms with E-state index in [1.54, 1.807) is 4.90 Å². The fourth-order valence-corrected chi connectivity index (χ4v) is 3.56. The normalized spacial score (nSPS) is 17.9. The summed E-state index contributed by atoms with van der Waals surface area (Å²) >= 11 is 0.951. The van der Waals surface area contributed by atoms with Crippen molar-refractivity contribution in [3.8, 4) is 0 Å². The highest BCUT2D eigenvalue weighted by atomic mass is 32.1. The number of carboxylic acids is 1. The van der Waals surface area contributed by atoms with E-state index in [0.29, 0.717) is 18.0 Å². The molecular weight excluding hydrogens is 328 g/mol. The molecule has 1 aromatic heterocycles. The van der Waals surface area contributed by atoms with Gasteiger partial charge in [0, 0.05) is 13.1 Å². The summed E-state index contributed by atoms with van der Waals surface area (Å²) in [6.07, 6.45) is 0.187. The van der Waals surface area contributed by atoms with Crippen LogP contribution in [-0.2, 0) is 4.79 Å². The lowest BCUT2D eigenvalue weighted by Gasteiger charge is -2.29. The summed E-state index contributed by atoms with van der Waals surface area (Å²) < 4.78 is 0. The molecule has 1 fully saturated rings. The lowest BCUT2D eigenvalue weighted by Crippen LogP contribution is -2.36. The van der Waals surface area contributed by atoms with Crippen molar-refractivity contribution in [2.45, 2.75) is 12.5 Å². The predicted octanol–water partition coefficient (Wildman–Crippen LogP) is 2.15. The third-order valence-corrected chi connectivity index (χ3v) is 4.96. The van der Waals surface area contributed by atoms with E-state index < -0.39 is 5.97 Å². The number of benzene rings is 1. The van der Waals surface area contributed by atoms with Gasteiger partial charge in [0.05, 0.1) is 17.3 Å². The molecule has 0 bridgehead atoms. The number of carbonyl (C=O) groups is 3. The molecule has 2 N–H and O–H groups in total. The quantitative estimate of drug-likeness (QED) is 0.893. The van der Waals surface area contributed by atoms with Gasteiger partial charge in [-0.25, -0.2) is 4.79 Å². The number of nitrogens with zero attached hydrogens (tertiary/aromatic N) is 1. The van der Waals surface area contributed by atoms with E-state index in [-0.39, 0.29) is 29.2 Å².